The van der Waals surface area contributed by atoms with Crippen LogP contribution in [0.1, 0.15) is 24.7 Å². The van der Waals surface area contributed by atoms with E-state index in [2.05, 4.69) is 46.9 Å². The average Bonchev–Trinajstić information content (AvgIpc) is 3.17. The molecule has 0 atom stereocenters. The Kier molecular flexibility index (Phi) is 6.37. The largest absolute Gasteiger partial charge is 0.368 e. The average molecular weight is 434 g/mol. The number of pyridine rings is 1. The molecule has 0 amide bonds. The van der Waals surface area contributed by atoms with Crippen molar-refractivity contribution in [1.82, 2.24) is 34.7 Å². The van der Waals surface area contributed by atoms with E-state index in [9.17, 15) is 0 Å². The molecule has 31 heavy (non-hydrogen) atoms. The Morgan fingerprint density at radius 3 is 2.61 bits per heavy atom. The lowest BCUT2D eigenvalue weighted by Crippen LogP contribution is -2.07. The van der Waals surface area contributed by atoms with Crippen molar-refractivity contribution in [3.8, 4) is 11.4 Å². The van der Waals surface area contributed by atoms with Crippen molar-refractivity contribution in [2.75, 3.05) is 11.1 Å². The molecule has 0 spiro atoms. The molecule has 0 aliphatic heterocycles. The molecule has 0 saturated heterocycles. The van der Waals surface area contributed by atoms with Crippen molar-refractivity contribution in [3.05, 3.63) is 60.2 Å². The third kappa shape index (κ3) is 4.97. The van der Waals surface area contributed by atoms with Crippen molar-refractivity contribution in [2.45, 2.75) is 37.7 Å². The number of benzene rings is 1. The monoisotopic (exact) mass is 433 g/mol. The second-order valence-electron chi connectivity index (χ2n) is 6.86. The summed E-state index contributed by atoms with van der Waals surface area (Å²) in [6.07, 6.45) is 4.47. The van der Waals surface area contributed by atoms with E-state index in [-0.39, 0.29) is 5.95 Å². The highest BCUT2D eigenvalue weighted by Crippen LogP contribution is 2.26. The van der Waals surface area contributed by atoms with Gasteiger partial charge in [-0.1, -0.05) is 36.9 Å². The Morgan fingerprint density at radius 1 is 1.03 bits per heavy atom. The van der Waals surface area contributed by atoms with Crippen LogP contribution in [-0.2, 0) is 12.3 Å². The first-order chi connectivity index (χ1) is 15.1. The number of thioether (sulfide) groups is 1. The number of nitrogens with two attached hydrogens (primary N) is 1. The minimum atomic E-state index is 0.175. The van der Waals surface area contributed by atoms with Crippen LogP contribution >= 0.6 is 11.8 Å². The first kappa shape index (κ1) is 20.7. The molecular weight excluding hydrogens is 410 g/mol. The summed E-state index contributed by atoms with van der Waals surface area (Å²) in [5.41, 5.74) is 8.93. The maximum Gasteiger partial charge on any atom is 0.232 e. The first-order valence-electron chi connectivity index (χ1n) is 9.93. The van der Waals surface area contributed by atoms with E-state index in [1.807, 2.05) is 43.3 Å². The van der Waals surface area contributed by atoms with E-state index in [4.69, 9.17) is 5.73 Å². The van der Waals surface area contributed by atoms with E-state index in [0.29, 0.717) is 17.5 Å². The van der Waals surface area contributed by atoms with E-state index >= 15 is 0 Å². The Morgan fingerprint density at radius 2 is 1.84 bits per heavy atom. The van der Waals surface area contributed by atoms with Gasteiger partial charge in [-0.25, -0.2) is 0 Å². The number of hydrogen-bond acceptors (Lipinski definition) is 9. The molecule has 0 saturated carbocycles. The second kappa shape index (κ2) is 9.52. The van der Waals surface area contributed by atoms with Gasteiger partial charge in [0.25, 0.3) is 0 Å². The Hall–Kier alpha value is -3.53. The van der Waals surface area contributed by atoms with E-state index in [1.54, 1.807) is 12.4 Å². The summed E-state index contributed by atoms with van der Waals surface area (Å²) in [5.74, 6) is 2.49. The van der Waals surface area contributed by atoms with Crippen molar-refractivity contribution in [2.24, 2.45) is 0 Å². The van der Waals surface area contributed by atoms with Crippen molar-refractivity contribution < 1.29 is 0 Å². The van der Waals surface area contributed by atoms with Crippen LogP contribution in [0.4, 0.5) is 17.6 Å². The van der Waals surface area contributed by atoms with Crippen LogP contribution in [0, 0.1) is 6.92 Å². The van der Waals surface area contributed by atoms with Gasteiger partial charge in [0, 0.05) is 30.2 Å². The fourth-order valence-corrected chi connectivity index (χ4v) is 3.88. The van der Waals surface area contributed by atoms with Gasteiger partial charge >= 0.3 is 0 Å². The first-order valence-corrected chi connectivity index (χ1v) is 10.9. The zero-order valence-electron chi connectivity index (χ0n) is 17.4. The van der Waals surface area contributed by atoms with Crippen molar-refractivity contribution >= 4 is 29.3 Å². The number of nitrogen functional groups attached to an aromatic ring is 1. The van der Waals surface area contributed by atoms with Crippen molar-refractivity contribution in [1.29, 1.82) is 0 Å². The van der Waals surface area contributed by atoms with Gasteiger partial charge in [0.1, 0.15) is 5.82 Å². The molecule has 0 aliphatic carbocycles. The van der Waals surface area contributed by atoms with Gasteiger partial charge < -0.3 is 15.6 Å². The fraction of sp³-hybridized carbons (Fsp3) is 0.238. The van der Waals surface area contributed by atoms with Crippen LogP contribution in [0.2, 0.25) is 0 Å². The van der Waals surface area contributed by atoms with Gasteiger partial charge in [-0.3, -0.25) is 4.98 Å². The molecule has 3 N–H and O–H groups in total. The summed E-state index contributed by atoms with van der Waals surface area (Å²) in [4.78, 5) is 17.1. The molecule has 0 radical (unpaired) electrons. The minimum Gasteiger partial charge on any atom is -0.368 e. The van der Waals surface area contributed by atoms with Crippen LogP contribution in [0.5, 0.6) is 0 Å². The minimum absolute atomic E-state index is 0.175. The van der Waals surface area contributed by atoms with Crippen LogP contribution in [-0.4, -0.2) is 34.7 Å². The molecule has 9 nitrogen and oxygen atoms in total. The molecule has 4 aromatic rings. The topological polar surface area (TPSA) is 120 Å². The Balaban J connectivity index is 1.54. The second-order valence-corrected chi connectivity index (χ2v) is 7.80. The van der Waals surface area contributed by atoms with Crippen LogP contribution in [0.25, 0.3) is 11.4 Å². The highest BCUT2D eigenvalue weighted by Gasteiger charge is 2.15. The summed E-state index contributed by atoms with van der Waals surface area (Å²) in [6.45, 7) is 4.96. The number of nitrogens with zero attached hydrogens (tertiary/aromatic N) is 7. The van der Waals surface area contributed by atoms with E-state index in [1.165, 1.54) is 11.8 Å². The van der Waals surface area contributed by atoms with E-state index < -0.39 is 0 Å². The molecule has 0 fully saturated rings. The molecule has 158 valence electrons. The fourth-order valence-electron chi connectivity index (χ4n) is 3.06. The van der Waals surface area contributed by atoms with Gasteiger partial charge in [0.2, 0.25) is 11.9 Å². The molecule has 3 aromatic heterocycles. The molecule has 0 unspecified atom stereocenters. The summed E-state index contributed by atoms with van der Waals surface area (Å²) in [7, 11) is 0. The quantitative estimate of drug-likeness (QED) is 0.399. The molecule has 4 rings (SSSR count). The number of para-hydroxylation sites is 1. The summed E-state index contributed by atoms with van der Waals surface area (Å²) < 4.78 is 2.11. The summed E-state index contributed by atoms with van der Waals surface area (Å²) in [5, 5.41) is 12.8. The van der Waals surface area contributed by atoms with Crippen LogP contribution in [0.3, 0.4) is 0 Å². The lowest BCUT2D eigenvalue weighted by atomic mass is 10.2. The lowest BCUT2D eigenvalue weighted by Gasteiger charge is -2.10. The molecule has 0 aliphatic rings. The lowest BCUT2D eigenvalue weighted by molar-refractivity contribution is 0.626. The maximum atomic E-state index is 5.93. The highest BCUT2D eigenvalue weighted by atomic mass is 32.2. The van der Waals surface area contributed by atoms with Crippen LogP contribution in [0.15, 0.2) is 53.9 Å². The molecule has 0 bridgehead atoms. The predicted octanol–water partition coefficient (Wildman–Crippen LogP) is 3.86. The third-order valence-electron chi connectivity index (χ3n) is 4.52. The SMILES string of the molecule is CCCn1c(SCc2nc(N)nc(Nc3ccccc3C)n2)nnc1-c1ccncc1. The van der Waals surface area contributed by atoms with Gasteiger partial charge in [-0.05, 0) is 37.1 Å². The van der Waals surface area contributed by atoms with Gasteiger partial charge in [0.15, 0.2) is 11.0 Å². The number of aryl methyl sites for hydroxylation is 1. The van der Waals surface area contributed by atoms with Gasteiger partial charge in [-0.15, -0.1) is 10.2 Å². The number of nitrogens with one attached hydrogen (secondary N) is 1. The standard InChI is InChI=1S/C21H23N9S/c1-3-12-30-18(15-8-10-23-11-9-15)28-29-21(30)31-13-17-25-19(22)27-20(26-17)24-16-7-5-4-6-14(16)2/h4-11H,3,12-13H2,1-2H3,(H3,22,24,25,26,27). The van der Waals surface area contributed by atoms with Crippen LogP contribution < -0.4 is 11.1 Å². The number of anilines is 3. The number of hydrogen-bond donors (Lipinski definition) is 2. The number of aromatic nitrogens is 7. The third-order valence-corrected chi connectivity index (χ3v) is 5.49. The zero-order chi connectivity index (χ0) is 21.6. The molecule has 10 heteroatoms. The summed E-state index contributed by atoms with van der Waals surface area (Å²) in [6, 6.07) is 11.8. The molecule has 3 heterocycles. The smallest absolute Gasteiger partial charge is 0.232 e. The maximum absolute atomic E-state index is 5.93. The Labute approximate surface area is 184 Å². The Bertz CT molecular complexity index is 1160. The normalized spacial score (nSPS) is 10.9. The van der Waals surface area contributed by atoms with Gasteiger partial charge in [-0.2, -0.15) is 15.0 Å². The zero-order valence-corrected chi connectivity index (χ0v) is 18.2. The molecule has 1 aromatic carbocycles. The summed E-state index contributed by atoms with van der Waals surface area (Å²) >= 11 is 1.52. The van der Waals surface area contributed by atoms with E-state index in [0.717, 1.165) is 40.8 Å². The van der Waals surface area contributed by atoms with Gasteiger partial charge in [0.05, 0.1) is 5.75 Å². The number of rotatable bonds is 8. The molecular formula is C21H23N9S. The predicted molar refractivity (Wildman–Crippen MR) is 122 cm³/mol. The highest BCUT2D eigenvalue weighted by molar-refractivity contribution is 7.98. The van der Waals surface area contributed by atoms with Crippen molar-refractivity contribution in [3.63, 3.8) is 0 Å².